The highest BCUT2D eigenvalue weighted by atomic mass is 16.2. The smallest absolute Gasteiger partial charge is 0.265 e. The fourth-order valence-corrected chi connectivity index (χ4v) is 1.08. The van der Waals surface area contributed by atoms with Crippen molar-refractivity contribution in [2.45, 2.75) is 0 Å². The molecule has 0 heterocycles. The predicted octanol–water partition coefficient (Wildman–Crippen LogP) is -1.52. The monoisotopic (exact) mass is 209 g/mol. The number of anilines is 1. The lowest BCUT2D eigenvalue weighted by atomic mass is 10.1. The molecule has 7 nitrogen and oxygen atoms in total. The van der Waals surface area contributed by atoms with E-state index < -0.39 is 11.8 Å². The van der Waals surface area contributed by atoms with E-state index in [-0.39, 0.29) is 16.8 Å². The quantitative estimate of drug-likeness (QED) is 0.174. The zero-order valence-corrected chi connectivity index (χ0v) is 7.78. The Hall–Kier alpha value is -2.12. The molecule has 7 heteroatoms. The van der Waals surface area contributed by atoms with Crippen LogP contribution in [-0.2, 0) is 0 Å². The first kappa shape index (κ1) is 11.0. The van der Waals surface area contributed by atoms with Crippen LogP contribution in [-0.4, -0.2) is 11.8 Å². The minimum absolute atomic E-state index is 0.191. The van der Waals surface area contributed by atoms with Crippen LogP contribution in [0, 0.1) is 0 Å². The van der Waals surface area contributed by atoms with Crippen LogP contribution in [0.3, 0.4) is 0 Å². The summed E-state index contributed by atoms with van der Waals surface area (Å²) >= 11 is 0. The van der Waals surface area contributed by atoms with Gasteiger partial charge < -0.3 is 5.73 Å². The minimum Gasteiger partial charge on any atom is -0.399 e. The molecule has 1 aromatic rings. The summed E-state index contributed by atoms with van der Waals surface area (Å²) < 4.78 is 0. The van der Waals surface area contributed by atoms with Crippen molar-refractivity contribution in [2.24, 2.45) is 11.7 Å². The van der Waals surface area contributed by atoms with Crippen molar-refractivity contribution in [3.05, 3.63) is 29.3 Å². The Kier molecular flexibility index (Phi) is 3.21. The summed E-state index contributed by atoms with van der Waals surface area (Å²) in [7, 11) is 0. The van der Waals surface area contributed by atoms with Gasteiger partial charge in [0.25, 0.3) is 11.8 Å². The molecule has 80 valence electrons. The molecule has 15 heavy (non-hydrogen) atoms. The molecule has 0 aliphatic heterocycles. The Balaban J connectivity index is 3.16. The largest absolute Gasteiger partial charge is 0.399 e. The maximum absolute atomic E-state index is 11.2. The van der Waals surface area contributed by atoms with E-state index in [1.54, 1.807) is 0 Å². The summed E-state index contributed by atoms with van der Waals surface area (Å²) in [4.78, 5) is 22.3. The SMILES string of the molecule is NNC(=O)c1cc(N)cc(C(=O)NN)c1. The highest BCUT2D eigenvalue weighted by Crippen LogP contribution is 2.11. The van der Waals surface area contributed by atoms with Crippen LogP contribution in [0.4, 0.5) is 5.69 Å². The number of nitrogen functional groups attached to an aromatic ring is 3. The van der Waals surface area contributed by atoms with Crippen LogP contribution >= 0.6 is 0 Å². The Labute approximate surface area is 85.5 Å². The summed E-state index contributed by atoms with van der Waals surface area (Å²) in [6.45, 7) is 0. The molecule has 2 amide bonds. The second-order valence-corrected chi connectivity index (χ2v) is 2.79. The molecular weight excluding hydrogens is 198 g/mol. The van der Waals surface area contributed by atoms with Gasteiger partial charge >= 0.3 is 0 Å². The van der Waals surface area contributed by atoms with Crippen molar-refractivity contribution < 1.29 is 9.59 Å². The molecule has 0 unspecified atom stereocenters. The van der Waals surface area contributed by atoms with E-state index in [0.29, 0.717) is 0 Å². The van der Waals surface area contributed by atoms with E-state index in [2.05, 4.69) is 0 Å². The topological polar surface area (TPSA) is 136 Å². The highest BCUT2D eigenvalue weighted by Gasteiger charge is 2.10. The van der Waals surface area contributed by atoms with Gasteiger partial charge in [0.15, 0.2) is 0 Å². The molecule has 1 rings (SSSR count). The second kappa shape index (κ2) is 4.40. The molecule has 8 N–H and O–H groups in total. The van der Waals surface area contributed by atoms with Crippen molar-refractivity contribution in [1.29, 1.82) is 0 Å². The molecule has 0 aromatic heterocycles. The Bertz CT molecular complexity index is 370. The van der Waals surface area contributed by atoms with Crippen molar-refractivity contribution >= 4 is 17.5 Å². The fraction of sp³-hybridized carbons (Fsp3) is 0. The zero-order valence-electron chi connectivity index (χ0n) is 7.78. The number of nitrogens with two attached hydrogens (primary N) is 3. The van der Waals surface area contributed by atoms with E-state index in [1.807, 2.05) is 10.9 Å². The van der Waals surface area contributed by atoms with Crippen LogP contribution < -0.4 is 28.3 Å². The molecule has 0 radical (unpaired) electrons. The van der Waals surface area contributed by atoms with Gasteiger partial charge in [0, 0.05) is 16.8 Å². The third kappa shape index (κ3) is 2.42. The minimum atomic E-state index is -0.534. The second-order valence-electron chi connectivity index (χ2n) is 2.79. The average molecular weight is 209 g/mol. The number of hydrazine groups is 2. The average Bonchev–Trinajstić information content (AvgIpc) is 2.26. The molecule has 0 atom stereocenters. The summed E-state index contributed by atoms with van der Waals surface area (Å²) in [5, 5.41) is 0. The Morgan fingerprint density at radius 2 is 1.33 bits per heavy atom. The van der Waals surface area contributed by atoms with Crippen LogP contribution in [0.5, 0.6) is 0 Å². The van der Waals surface area contributed by atoms with Gasteiger partial charge in [-0.05, 0) is 18.2 Å². The molecule has 0 aliphatic carbocycles. The van der Waals surface area contributed by atoms with Gasteiger partial charge in [0.05, 0.1) is 0 Å². The van der Waals surface area contributed by atoms with E-state index in [9.17, 15) is 9.59 Å². The number of hydrogen-bond donors (Lipinski definition) is 5. The number of amides is 2. The molecule has 1 aromatic carbocycles. The van der Waals surface area contributed by atoms with E-state index >= 15 is 0 Å². The van der Waals surface area contributed by atoms with Crippen LogP contribution in [0.25, 0.3) is 0 Å². The molecule has 0 fully saturated rings. The third-order valence-corrected chi connectivity index (χ3v) is 1.74. The predicted molar refractivity (Wildman–Crippen MR) is 54.2 cm³/mol. The first-order valence-corrected chi connectivity index (χ1v) is 4.01. The zero-order chi connectivity index (χ0) is 11.4. The number of nitrogens with one attached hydrogen (secondary N) is 2. The lowest BCUT2D eigenvalue weighted by Crippen LogP contribution is -2.32. The van der Waals surface area contributed by atoms with Gasteiger partial charge in [-0.15, -0.1) is 0 Å². The van der Waals surface area contributed by atoms with E-state index in [4.69, 9.17) is 17.4 Å². The van der Waals surface area contributed by atoms with Crippen LogP contribution in [0.15, 0.2) is 18.2 Å². The van der Waals surface area contributed by atoms with Crippen LogP contribution in [0.1, 0.15) is 20.7 Å². The van der Waals surface area contributed by atoms with Gasteiger partial charge in [0.2, 0.25) is 0 Å². The Morgan fingerprint density at radius 1 is 0.933 bits per heavy atom. The molecular formula is C8H11N5O2. The van der Waals surface area contributed by atoms with Crippen LogP contribution in [0.2, 0.25) is 0 Å². The summed E-state index contributed by atoms with van der Waals surface area (Å²) in [6, 6.07) is 4.13. The number of benzene rings is 1. The highest BCUT2D eigenvalue weighted by molar-refractivity contribution is 6.00. The van der Waals surface area contributed by atoms with Gasteiger partial charge in [-0.1, -0.05) is 0 Å². The number of rotatable bonds is 2. The maximum atomic E-state index is 11.2. The van der Waals surface area contributed by atoms with Crippen molar-refractivity contribution in [1.82, 2.24) is 10.9 Å². The molecule has 0 aliphatic rings. The van der Waals surface area contributed by atoms with Gasteiger partial charge in [0.1, 0.15) is 0 Å². The first-order chi connectivity index (χ1) is 7.08. The lowest BCUT2D eigenvalue weighted by molar-refractivity contribution is 0.0953. The molecule has 0 bridgehead atoms. The normalized spacial score (nSPS) is 9.47. The summed E-state index contributed by atoms with van der Waals surface area (Å²) in [5.41, 5.74) is 10.0. The third-order valence-electron chi connectivity index (χ3n) is 1.74. The van der Waals surface area contributed by atoms with Gasteiger partial charge in [-0.3, -0.25) is 20.4 Å². The number of carbonyl (C=O) groups is 2. The number of hydrogen-bond acceptors (Lipinski definition) is 5. The van der Waals surface area contributed by atoms with Crippen molar-refractivity contribution in [2.75, 3.05) is 5.73 Å². The van der Waals surface area contributed by atoms with E-state index in [0.717, 1.165) is 0 Å². The molecule has 0 saturated heterocycles. The Morgan fingerprint density at radius 3 is 1.67 bits per heavy atom. The lowest BCUT2D eigenvalue weighted by Gasteiger charge is -2.05. The van der Waals surface area contributed by atoms with Crippen molar-refractivity contribution in [3.63, 3.8) is 0 Å². The van der Waals surface area contributed by atoms with E-state index in [1.165, 1.54) is 18.2 Å². The van der Waals surface area contributed by atoms with Crippen molar-refractivity contribution in [3.8, 4) is 0 Å². The molecule has 0 spiro atoms. The number of carbonyl (C=O) groups excluding carboxylic acids is 2. The molecule has 0 saturated carbocycles. The maximum Gasteiger partial charge on any atom is 0.265 e. The van der Waals surface area contributed by atoms with Gasteiger partial charge in [-0.2, -0.15) is 0 Å². The fourth-order valence-electron chi connectivity index (χ4n) is 1.08. The van der Waals surface area contributed by atoms with Gasteiger partial charge in [-0.25, -0.2) is 11.7 Å². The summed E-state index contributed by atoms with van der Waals surface area (Å²) in [6.07, 6.45) is 0. The summed E-state index contributed by atoms with van der Waals surface area (Å²) in [5.74, 6) is 8.83. The first-order valence-electron chi connectivity index (χ1n) is 4.01. The standard InChI is InChI=1S/C8H11N5O2/c9-6-2-4(7(14)12-10)1-5(3-6)8(15)13-11/h1-3H,9-11H2,(H,12,14)(H,13,15).